The maximum atomic E-state index is 4.52. The Morgan fingerprint density at radius 1 is 1.50 bits per heavy atom. The van der Waals surface area contributed by atoms with Crippen molar-refractivity contribution in [1.82, 2.24) is 15.6 Å². The predicted molar refractivity (Wildman–Crippen MR) is 87.3 cm³/mol. The number of hydrogen-bond donors (Lipinski definition) is 2. The summed E-state index contributed by atoms with van der Waals surface area (Å²) in [6.45, 7) is 10.3. The Bertz CT molecular complexity index is 385. The van der Waals surface area contributed by atoms with Gasteiger partial charge in [-0.05, 0) is 64.1 Å². The normalized spacial score (nSPS) is 22.6. The van der Waals surface area contributed by atoms with Gasteiger partial charge in [0.15, 0.2) is 0 Å². The molecule has 1 saturated heterocycles. The summed E-state index contributed by atoms with van der Waals surface area (Å²) in [4.78, 5) is 5.91. The molecular weight excluding hydrogens is 266 g/mol. The Kier molecular flexibility index (Phi) is 6.46. The number of aromatic nitrogens is 1. The van der Waals surface area contributed by atoms with Crippen LogP contribution in [0.5, 0.6) is 0 Å². The fourth-order valence-electron chi connectivity index (χ4n) is 2.90. The molecule has 20 heavy (non-hydrogen) atoms. The first-order valence-electron chi connectivity index (χ1n) is 8.09. The molecule has 0 amide bonds. The number of nitrogens with zero attached hydrogens (tertiary/aromatic N) is 1. The molecule has 4 heteroatoms. The van der Waals surface area contributed by atoms with Gasteiger partial charge in [-0.1, -0.05) is 13.8 Å². The van der Waals surface area contributed by atoms with Crippen LogP contribution in [0.25, 0.3) is 0 Å². The van der Waals surface area contributed by atoms with Crippen LogP contribution in [0, 0.1) is 11.8 Å². The fraction of sp³-hybridized carbons (Fsp3) is 0.812. The third-order valence-electron chi connectivity index (χ3n) is 4.48. The molecule has 1 aromatic heterocycles. The van der Waals surface area contributed by atoms with E-state index in [-0.39, 0.29) is 0 Å². The molecule has 1 aliphatic rings. The fourth-order valence-corrected chi connectivity index (χ4v) is 3.79. The van der Waals surface area contributed by atoms with Crippen molar-refractivity contribution in [3.05, 3.63) is 16.1 Å². The lowest BCUT2D eigenvalue weighted by Crippen LogP contribution is -2.34. The zero-order chi connectivity index (χ0) is 14.4. The molecule has 1 aromatic rings. The molecule has 0 radical (unpaired) electrons. The van der Waals surface area contributed by atoms with Gasteiger partial charge in [0.05, 0.1) is 6.04 Å². The first-order valence-corrected chi connectivity index (χ1v) is 8.91. The summed E-state index contributed by atoms with van der Waals surface area (Å²) in [5.74, 6) is 1.68. The molecule has 0 saturated carbocycles. The average molecular weight is 295 g/mol. The van der Waals surface area contributed by atoms with Crippen LogP contribution < -0.4 is 10.6 Å². The van der Waals surface area contributed by atoms with Gasteiger partial charge in [0, 0.05) is 11.1 Å². The molecular formula is C16H29N3S. The topological polar surface area (TPSA) is 37.0 Å². The number of piperidine rings is 1. The second-order valence-electron chi connectivity index (χ2n) is 6.07. The second kappa shape index (κ2) is 8.11. The predicted octanol–water partition coefficient (Wildman–Crippen LogP) is 3.38. The molecule has 0 aromatic carbocycles. The zero-order valence-corrected chi connectivity index (χ0v) is 13.9. The molecule has 0 spiro atoms. The third kappa shape index (κ3) is 4.54. The monoisotopic (exact) mass is 295 g/mol. The highest BCUT2D eigenvalue weighted by Crippen LogP contribution is 2.23. The summed E-state index contributed by atoms with van der Waals surface area (Å²) in [6, 6.07) is 0.386. The van der Waals surface area contributed by atoms with Gasteiger partial charge < -0.3 is 10.6 Å². The van der Waals surface area contributed by atoms with Crippen molar-refractivity contribution in [1.29, 1.82) is 0 Å². The summed E-state index contributed by atoms with van der Waals surface area (Å²) in [6.07, 6.45) is 7.13. The van der Waals surface area contributed by atoms with Gasteiger partial charge in [-0.3, -0.25) is 0 Å². The van der Waals surface area contributed by atoms with Gasteiger partial charge in [0.2, 0.25) is 0 Å². The highest BCUT2D eigenvalue weighted by molar-refractivity contribution is 7.11. The Balaban J connectivity index is 1.69. The van der Waals surface area contributed by atoms with E-state index in [1.54, 1.807) is 0 Å². The second-order valence-corrected chi connectivity index (χ2v) is 7.21. The van der Waals surface area contributed by atoms with E-state index in [0.717, 1.165) is 24.8 Å². The minimum absolute atomic E-state index is 0.386. The number of nitrogens with one attached hydrogen (secondary N) is 2. The first kappa shape index (κ1) is 15.9. The number of rotatable bonds is 7. The Morgan fingerprint density at radius 3 is 3.00 bits per heavy atom. The maximum Gasteiger partial charge on any atom is 0.109 e. The SMILES string of the molecule is CCc1cnc(C(C)NCCC(C)C2CCCNC2)s1. The largest absolute Gasteiger partial charge is 0.316 e. The van der Waals surface area contributed by atoms with Crippen LogP contribution in [0.15, 0.2) is 6.20 Å². The lowest BCUT2D eigenvalue weighted by Gasteiger charge is -2.28. The van der Waals surface area contributed by atoms with Crippen LogP contribution in [0.1, 0.15) is 56.0 Å². The van der Waals surface area contributed by atoms with Crippen LogP contribution in [-0.2, 0) is 6.42 Å². The Morgan fingerprint density at radius 2 is 2.35 bits per heavy atom. The molecule has 0 aliphatic carbocycles. The van der Waals surface area contributed by atoms with E-state index in [2.05, 4.69) is 36.4 Å². The molecule has 1 fully saturated rings. The molecule has 0 bridgehead atoms. The summed E-state index contributed by atoms with van der Waals surface area (Å²) < 4.78 is 0. The first-order chi connectivity index (χ1) is 9.70. The van der Waals surface area contributed by atoms with Crippen LogP contribution in [0.2, 0.25) is 0 Å². The van der Waals surface area contributed by atoms with E-state index < -0.39 is 0 Å². The molecule has 3 unspecified atom stereocenters. The highest BCUT2D eigenvalue weighted by atomic mass is 32.1. The maximum absolute atomic E-state index is 4.52. The summed E-state index contributed by atoms with van der Waals surface area (Å²) in [7, 11) is 0. The Labute approximate surface area is 127 Å². The van der Waals surface area contributed by atoms with E-state index in [1.165, 1.54) is 42.2 Å². The Hall–Kier alpha value is -0.450. The minimum Gasteiger partial charge on any atom is -0.316 e. The minimum atomic E-state index is 0.386. The van der Waals surface area contributed by atoms with Crippen molar-refractivity contribution in [2.24, 2.45) is 11.8 Å². The van der Waals surface area contributed by atoms with E-state index in [0.29, 0.717) is 6.04 Å². The number of aryl methyl sites for hydroxylation is 1. The summed E-state index contributed by atoms with van der Waals surface area (Å²) in [5.41, 5.74) is 0. The number of thiazole rings is 1. The lowest BCUT2D eigenvalue weighted by molar-refractivity contribution is 0.264. The van der Waals surface area contributed by atoms with E-state index in [4.69, 9.17) is 0 Å². The van der Waals surface area contributed by atoms with Gasteiger partial charge in [0.25, 0.3) is 0 Å². The van der Waals surface area contributed by atoms with Crippen molar-refractivity contribution in [3.63, 3.8) is 0 Å². The van der Waals surface area contributed by atoms with Crippen molar-refractivity contribution in [3.8, 4) is 0 Å². The van der Waals surface area contributed by atoms with Crippen molar-refractivity contribution in [2.75, 3.05) is 19.6 Å². The molecule has 114 valence electrons. The molecule has 2 rings (SSSR count). The van der Waals surface area contributed by atoms with E-state index in [1.807, 2.05) is 17.5 Å². The average Bonchev–Trinajstić information content (AvgIpc) is 2.97. The smallest absolute Gasteiger partial charge is 0.109 e. The number of hydrogen-bond acceptors (Lipinski definition) is 4. The van der Waals surface area contributed by atoms with E-state index >= 15 is 0 Å². The zero-order valence-electron chi connectivity index (χ0n) is 13.1. The van der Waals surface area contributed by atoms with Gasteiger partial charge in [-0.15, -0.1) is 11.3 Å². The van der Waals surface area contributed by atoms with Gasteiger partial charge >= 0.3 is 0 Å². The molecule has 2 N–H and O–H groups in total. The highest BCUT2D eigenvalue weighted by Gasteiger charge is 2.19. The van der Waals surface area contributed by atoms with Crippen molar-refractivity contribution in [2.45, 2.75) is 52.5 Å². The van der Waals surface area contributed by atoms with Crippen molar-refractivity contribution < 1.29 is 0 Å². The van der Waals surface area contributed by atoms with Crippen LogP contribution >= 0.6 is 11.3 Å². The third-order valence-corrected chi connectivity index (χ3v) is 5.80. The standard InChI is InChI=1S/C16H29N3S/c1-4-15-11-19-16(20-15)13(3)18-9-7-12(2)14-6-5-8-17-10-14/h11-14,17-18H,4-10H2,1-3H3. The van der Waals surface area contributed by atoms with Gasteiger partial charge in [-0.25, -0.2) is 4.98 Å². The van der Waals surface area contributed by atoms with Gasteiger partial charge in [0.1, 0.15) is 5.01 Å². The van der Waals surface area contributed by atoms with Gasteiger partial charge in [-0.2, -0.15) is 0 Å². The molecule has 2 heterocycles. The van der Waals surface area contributed by atoms with Crippen LogP contribution in [-0.4, -0.2) is 24.6 Å². The summed E-state index contributed by atoms with van der Waals surface area (Å²) in [5, 5.41) is 8.39. The summed E-state index contributed by atoms with van der Waals surface area (Å²) >= 11 is 1.84. The quantitative estimate of drug-likeness (QED) is 0.809. The van der Waals surface area contributed by atoms with Crippen LogP contribution in [0.3, 0.4) is 0 Å². The van der Waals surface area contributed by atoms with Crippen LogP contribution in [0.4, 0.5) is 0 Å². The molecule has 3 atom stereocenters. The van der Waals surface area contributed by atoms with Crippen molar-refractivity contribution >= 4 is 11.3 Å². The molecule has 3 nitrogen and oxygen atoms in total. The van der Waals surface area contributed by atoms with E-state index in [9.17, 15) is 0 Å². The molecule has 1 aliphatic heterocycles. The lowest BCUT2D eigenvalue weighted by atomic mass is 9.85.